The summed E-state index contributed by atoms with van der Waals surface area (Å²) in [5, 5.41) is 11.9. The first-order valence-electron chi connectivity index (χ1n) is 5.56. The number of hydrogen-bond acceptors (Lipinski definition) is 4. The van der Waals surface area contributed by atoms with Crippen molar-refractivity contribution in [1.29, 1.82) is 0 Å². The first kappa shape index (κ1) is 14.3. The van der Waals surface area contributed by atoms with Crippen LogP contribution in [0.2, 0.25) is 0 Å². The topological polar surface area (TPSA) is 62.2 Å². The van der Waals surface area contributed by atoms with E-state index in [1.807, 2.05) is 0 Å². The maximum Gasteiger partial charge on any atom is 0.288 e. The van der Waals surface area contributed by atoms with E-state index in [0.29, 0.717) is 16.7 Å². The minimum Gasteiger partial charge on any atom is -0.504 e. The van der Waals surface area contributed by atoms with Crippen LogP contribution in [0.25, 0.3) is 0 Å². The molecule has 2 aromatic rings. The fourth-order valence-corrected chi connectivity index (χ4v) is 1.96. The van der Waals surface area contributed by atoms with Crippen LogP contribution in [0.15, 0.2) is 47.5 Å². The third-order valence-corrected chi connectivity index (χ3v) is 3.08. The summed E-state index contributed by atoms with van der Waals surface area (Å²) in [6, 6.07) is 8.65. The van der Waals surface area contributed by atoms with Gasteiger partial charge in [0.15, 0.2) is 11.6 Å². The quantitative estimate of drug-likeness (QED) is 0.849. The number of carbonyl (C=O) groups is 1. The van der Waals surface area contributed by atoms with Crippen LogP contribution in [-0.4, -0.2) is 21.8 Å². The Morgan fingerprint density at radius 1 is 1.25 bits per heavy atom. The zero-order valence-corrected chi connectivity index (χ0v) is 10.9. The molecule has 0 bridgehead atoms. The van der Waals surface area contributed by atoms with Gasteiger partial charge in [0.1, 0.15) is 0 Å². The van der Waals surface area contributed by atoms with E-state index < -0.39 is 11.7 Å². The maximum absolute atomic E-state index is 12.2. The van der Waals surface area contributed by atoms with Crippen LogP contribution in [-0.2, 0) is 0 Å². The molecule has 1 amide bonds. The summed E-state index contributed by atoms with van der Waals surface area (Å²) >= 11 is 0.408. The Kier molecular flexibility index (Phi) is 4.52. The molecular formula is C13H10F2N2O2S. The summed E-state index contributed by atoms with van der Waals surface area (Å²) in [6.45, 7) is 0. The largest absolute Gasteiger partial charge is 0.504 e. The molecule has 20 heavy (non-hydrogen) atoms. The van der Waals surface area contributed by atoms with Crippen LogP contribution in [0.1, 0.15) is 10.4 Å². The van der Waals surface area contributed by atoms with E-state index in [2.05, 4.69) is 10.3 Å². The van der Waals surface area contributed by atoms with Crippen molar-refractivity contribution in [3.05, 3.63) is 48.2 Å². The van der Waals surface area contributed by atoms with Crippen LogP contribution in [0, 0.1) is 0 Å². The molecule has 1 heterocycles. The number of benzene rings is 1. The van der Waals surface area contributed by atoms with Crippen molar-refractivity contribution in [3.8, 4) is 5.75 Å². The standard InChI is InChI=1S/C13H10F2N2O2S/c14-13(15)20-9-5-3-8(4-6-9)12(19)17-11-10(18)2-1-7-16-11/h1-7,13,18H,(H,16,17,19). The lowest BCUT2D eigenvalue weighted by Crippen LogP contribution is -2.12. The molecule has 7 heteroatoms. The van der Waals surface area contributed by atoms with Gasteiger partial charge in [-0.15, -0.1) is 0 Å². The number of halogens is 2. The fourth-order valence-electron chi connectivity index (χ4n) is 1.46. The molecule has 1 aromatic carbocycles. The first-order valence-corrected chi connectivity index (χ1v) is 6.44. The molecule has 0 aliphatic carbocycles. The predicted octanol–water partition coefficient (Wildman–Crippen LogP) is 3.35. The summed E-state index contributed by atoms with van der Waals surface area (Å²) in [4.78, 5) is 16.1. The summed E-state index contributed by atoms with van der Waals surface area (Å²) in [5.41, 5.74) is 0.286. The Balaban J connectivity index is 2.08. The molecule has 0 radical (unpaired) electrons. The molecule has 4 nitrogen and oxygen atoms in total. The number of aromatic nitrogens is 1. The molecular weight excluding hydrogens is 286 g/mol. The van der Waals surface area contributed by atoms with Crippen LogP contribution >= 0.6 is 11.8 Å². The Morgan fingerprint density at radius 3 is 2.55 bits per heavy atom. The minimum absolute atomic E-state index is 0.0449. The fraction of sp³-hybridized carbons (Fsp3) is 0.0769. The van der Waals surface area contributed by atoms with Gasteiger partial charge in [-0.05, 0) is 36.4 Å². The van der Waals surface area contributed by atoms with Gasteiger partial charge in [0.2, 0.25) is 0 Å². The highest BCUT2D eigenvalue weighted by molar-refractivity contribution is 7.99. The molecule has 0 saturated heterocycles. The van der Waals surface area contributed by atoms with Crippen LogP contribution in [0.3, 0.4) is 0 Å². The maximum atomic E-state index is 12.2. The van der Waals surface area contributed by atoms with Crippen molar-refractivity contribution in [2.75, 3.05) is 5.32 Å². The lowest BCUT2D eigenvalue weighted by Gasteiger charge is -2.06. The number of nitrogens with one attached hydrogen (secondary N) is 1. The Morgan fingerprint density at radius 2 is 1.95 bits per heavy atom. The van der Waals surface area contributed by atoms with Gasteiger partial charge in [0.25, 0.3) is 11.7 Å². The highest BCUT2D eigenvalue weighted by Crippen LogP contribution is 2.25. The average molecular weight is 296 g/mol. The van der Waals surface area contributed by atoms with Gasteiger partial charge < -0.3 is 10.4 Å². The third kappa shape index (κ3) is 3.67. The van der Waals surface area contributed by atoms with E-state index in [9.17, 15) is 18.7 Å². The van der Waals surface area contributed by atoms with Gasteiger partial charge in [-0.3, -0.25) is 4.79 Å². The summed E-state index contributed by atoms with van der Waals surface area (Å²) < 4.78 is 24.3. The molecule has 0 unspecified atom stereocenters. The normalized spacial score (nSPS) is 10.6. The van der Waals surface area contributed by atoms with E-state index in [-0.39, 0.29) is 17.1 Å². The molecule has 0 aliphatic rings. The van der Waals surface area contributed by atoms with Crippen LogP contribution in [0.5, 0.6) is 5.75 Å². The van der Waals surface area contributed by atoms with Crippen LogP contribution in [0.4, 0.5) is 14.6 Å². The number of anilines is 1. The van der Waals surface area contributed by atoms with Crippen LogP contribution < -0.4 is 5.32 Å². The zero-order chi connectivity index (χ0) is 14.5. The number of aromatic hydroxyl groups is 1. The summed E-state index contributed by atoms with van der Waals surface area (Å²) in [7, 11) is 0. The number of hydrogen-bond donors (Lipinski definition) is 2. The average Bonchev–Trinajstić information content (AvgIpc) is 2.41. The lowest BCUT2D eigenvalue weighted by atomic mass is 10.2. The van der Waals surface area contributed by atoms with Gasteiger partial charge in [0, 0.05) is 16.7 Å². The summed E-state index contributed by atoms with van der Waals surface area (Å²) in [6.07, 6.45) is 1.43. The van der Waals surface area contributed by atoms with Crippen molar-refractivity contribution in [3.63, 3.8) is 0 Å². The molecule has 104 valence electrons. The van der Waals surface area contributed by atoms with Gasteiger partial charge in [0.05, 0.1) is 0 Å². The lowest BCUT2D eigenvalue weighted by molar-refractivity contribution is 0.102. The molecule has 2 rings (SSSR count). The van der Waals surface area contributed by atoms with E-state index in [0.717, 1.165) is 0 Å². The summed E-state index contributed by atoms with van der Waals surface area (Å²) in [5.74, 6) is -3.08. The van der Waals surface area contributed by atoms with E-state index in [1.165, 1.54) is 42.6 Å². The second kappa shape index (κ2) is 6.33. The minimum atomic E-state index is -2.50. The Hall–Kier alpha value is -2.15. The highest BCUT2D eigenvalue weighted by atomic mass is 32.2. The number of nitrogens with zero attached hydrogens (tertiary/aromatic N) is 1. The number of thioether (sulfide) groups is 1. The molecule has 0 saturated carbocycles. The van der Waals surface area contributed by atoms with Gasteiger partial charge in [-0.25, -0.2) is 4.98 Å². The Bertz CT molecular complexity index is 606. The zero-order valence-electron chi connectivity index (χ0n) is 10.1. The molecule has 0 atom stereocenters. The molecule has 0 spiro atoms. The SMILES string of the molecule is O=C(Nc1ncccc1O)c1ccc(SC(F)F)cc1. The van der Waals surface area contributed by atoms with Crippen molar-refractivity contribution >= 4 is 23.5 Å². The van der Waals surface area contributed by atoms with Crippen molar-refractivity contribution in [1.82, 2.24) is 4.98 Å². The smallest absolute Gasteiger partial charge is 0.288 e. The number of pyridine rings is 1. The van der Waals surface area contributed by atoms with E-state index >= 15 is 0 Å². The van der Waals surface area contributed by atoms with Gasteiger partial charge in [-0.2, -0.15) is 8.78 Å². The number of alkyl halides is 2. The third-order valence-electron chi connectivity index (χ3n) is 2.36. The second-order valence-electron chi connectivity index (χ2n) is 3.73. The molecule has 0 fully saturated rings. The van der Waals surface area contributed by atoms with Crippen molar-refractivity contribution in [2.45, 2.75) is 10.7 Å². The Labute approximate surface area is 117 Å². The van der Waals surface area contributed by atoms with Crippen molar-refractivity contribution in [2.24, 2.45) is 0 Å². The number of amides is 1. The molecule has 1 aromatic heterocycles. The number of carbonyl (C=O) groups excluding carboxylic acids is 1. The predicted molar refractivity (Wildman–Crippen MR) is 72.2 cm³/mol. The van der Waals surface area contributed by atoms with E-state index in [1.54, 1.807) is 0 Å². The highest BCUT2D eigenvalue weighted by Gasteiger charge is 2.10. The second-order valence-corrected chi connectivity index (χ2v) is 4.79. The first-order chi connectivity index (χ1) is 9.56. The van der Waals surface area contributed by atoms with Gasteiger partial charge in [-0.1, -0.05) is 11.8 Å². The molecule has 0 aliphatic heterocycles. The van der Waals surface area contributed by atoms with E-state index in [4.69, 9.17) is 0 Å². The van der Waals surface area contributed by atoms with Crippen molar-refractivity contribution < 1.29 is 18.7 Å². The molecule has 2 N–H and O–H groups in total. The van der Waals surface area contributed by atoms with Gasteiger partial charge >= 0.3 is 0 Å². The number of rotatable bonds is 4. The monoisotopic (exact) mass is 296 g/mol.